The summed E-state index contributed by atoms with van der Waals surface area (Å²) in [6.07, 6.45) is 0.0734. The van der Waals surface area contributed by atoms with Crippen LogP contribution in [0.4, 0.5) is 0 Å². The van der Waals surface area contributed by atoms with Gasteiger partial charge in [-0.15, -0.1) is 0 Å². The number of hydrogen-bond acceptors (Lipinski definition) is 4. The van der Waals surface area contributed by atoms with E-state index in [-0.39, 0.29) is 18.8 Å². The maximum Gasteiger partial charge on any atom is 0.125 e. The predicted molar refractivity (Wildman–Crippen MR) is 81.2 cm³/mol. The molecule has 0 spiro atoms. The van der Waals surface area contributed by atoms with Crippen LogP contribution in [0.25, 0.3) is 0 Å². The third kappa shape index (κ3) is 5.49. The number of benzene rings is 1. The van der Waals surface area contributed by atoms with Crippen molar-refractivity contribution in [1.82, 2.24) is 5.32 Å². The lowest BCUT2D eigenvalue weighted by Crippen LogP contribution is -2.45. The maximum atomic E-state index is 9.97. The van der Waals surface area contributed by atoms with Gasteiger partial charge in [0.1, 0.15) is 18.5 Å². The van der Waals surface area contributed by atoms with E-state index in [0.29, 0.717) is 13.0 Å². The Balaban J connectivity index is 2.42. The van der Waals surface area contributed by atoms with Gasteiger partial charge in [0.25, 0.3) is 0 Å². The molecule has 0 saturated heterocycles. The van der Waals surface area contributed by atoms with E-state index < -0.39 is 6.10 Å². The SMILES string of the molecule is Cc1cccc(C)c1OCC(O)CNC(C)(C)CCO. The van der Waals surface area contributed by atoms with E-state index in [1.807, 2.05) is 45.9 Å². The molecule has 1 atom stereocenters. The van der Waals surface area contributed by atoms with Crippen LogP contribution in [0, 0.1) is 13.8 Å². The molecule has 4 nitrogen and oxygen atoms in total. The Hall–Kier alpha value is -1.10. The number of rotatable bonds is 8. The topological polar surface area (TPSA) is 61.7 Å². The van der Waals surface area contributed by atoms with Gasteiger partial charge in [0.15, 0.2) is 0 Å². The van der Waals surface area contributed by atoms with Gasteiger partial charge in [0.2, 0.25) is 0 Å². The second-order valence-corrected chi connectivity index (χ2v) is 5.92. The highest BCUT2D eigenvalue weighted by Gasteiger charge is 2.18. The first-order valence-electron chi connectivity index (χ1n) is 7.08. The minimum absolute atomic E-state index is 0.134. The van der Waals surface area contributed by atoms with E-state index >= 15 is 0 Å². The van der Waals surface area contributed by atoms with Crippen molar-refractivity contribution < 1.29 is 14.9 Å². The highest BCUT2D eigenvalue weighted by molar-refractivity contribution is 5.39. The Morgan fingerprint density at radius 2 is 1.85 bits per heavy atom. The summed E-state index contributed by atoms with van der Waals surface area (Å²) in [6.45, 7) is 8.83. The van der Waals surface area contributed by atoms with Gasteiger partial charge < -0.3 is 20.3 Å². The van der Waals surface area contributed by atoms with Gasteiger partial charge in [-0.3, -0.25) is 0 Å². The zero-order valence-electron chi connectivity index (χ0n) is 12.9. The summed E-state index contributed by atoms with van der Waals surface area (Å²) in [6, 6.07) is 5.99. The van der Waals surface area contributed by atoms with Crippen LogP contribution < -0.4 is 10.1 Å². The third-order valence-electron chi connectivity index (χ3n) is 3.38. The van der Waals surface area contributed by atoms with Crippen LogP contribution in [0.5, 0.6) is 5.75 Å². The summed E-state index contributed by atoms with van der Waals surface area (Å²) in [4.78, 5) is 0. The first-order valence-corrected chi connectivity index (χ1v) is 7.08. The number of aryl methyl sites for hydroxylation is 2. The molecule has 0 bridgehead atoms. The molecule has 1 aromatic rings. The molecule has 1 aromatic carbocycles. The number of para-hydroxylation sites is 1. The molecule has 1 unspecified atom stereocenters. The van der Waals surface area contributed by atoms with Gasteiger partial charge in [-0.2, -0.15) is 0 Å². The Bertz CT molecular complexity index is 398. The summed E-state index contributed by atoms with van der Waals surface area (Å²) in [7, 11) is 0. The number of aliphatic hydroxyl groups is 2. The van der Waals surface area contributed by atoms with Gasteiger partial charge in [-0.1, -0.05) is 18.2 Å². The summed E-state index contributed by atoms with van der Waals surface area (Å²) in [5.74, 6) is 0.848. The maximum absolute atomic E-state index is 9.97. The Labute approximate surface area is 121 Å². The average molecular weight is 281 g/mol. The van der Waals surface area contributed by atoms with Crippen molar-refractivity contribution in [3.63, 3.8) is 0 Å². The summed E-state index contributed by atoms with van der Waals surface area (Å²) < 4.78 is 5.72. The molecular weight excluding hydrogens is 254 g/mol. The zero-order chi connectivity index (χ0) is 15.2. The van der Waals surface area contributed by atoms with Crippen LogP contribution in [0.3, 0.4) is 0 Å². The molecule has 0 amide bonds. The van der Waals surface area contributed by atoms with E-state index in [9.17, 15) is 5.11 Å². The lowest BCUT2D eigenvalue weighted by Gasteiger charge is -2.27. The fraction of sp³-hybridized carbons (Fsp3) is 0.625. The normalized spacial score (nSPS) is 13.3. The molecule has 0 heterocycles. The van der Waals surface area contributed by atoms with Gasteiger partial charge in [0, 0.05) is 18.7 Å². The van der Waals surface area contributed by atoms with Gasteiger partial charge in [0.05, 0.1) is 0 Å². The number of ether oxygens (including phenoxy) is 1. The summed E-state index contributed by atoms with van der Waals surface area (Å²) in [5.41, 5.74) is 1.96. The van der Waals surface area contributed by atoms with Crippen LogP contribution in [0.15, 0.2) is 18.2 Å². The van der Waals surface area contributed by atoms with Gasteiger partial charge in [-0.25, -0.2) is 0 Å². The minimum Gasteiger partial charge on any atom is -0.490 e. The van der Waals surface area contributed by atoms with Crippen molar-refractivity contribution in [1.29, 1.82) is 0 Å². The highest BCUT2D eigenvalue weighted by atomic mass is 16.5. The molecule has 0 aromatic heterocycles. The van der Waals surface area contributed by atoms with E-state index in [2.05, 4.69) is 5.32 Å². The molecule has 0 saturated carbocycles. The van der Waals surface area contributed by atoms with Crippen molar-refractivity contribution in [3.05, 3.63) is 29.3 Å². The quantitative estimate of drug-likeness (QED) is 0.680. The number of nitrogens with one attached hydrogen (secondary N) is 1. The van der Waals surface area contributed by atoms with Crippen LogP contribution >= 0.6 is 0 Å². The molecule has 0 aliphatic rings. The molecule has 0 radical (unpaired) electrons. The minimum atomic E-state index is -0.577. The standard InChI is InChI=1S/C16H27NO3/c1-12-6-5-7-13(2)15(12)20-11-14(19)10-17-16(3,4)8-9-18/h5-7,14,17-19H,8-11H2,1-4H3. The van der Waals surface area contributed by atoms with E-state index in [0.717, 1.165) is 16.9 Å². The summed E-state index contributed by atoms with van der Waals surface area (Å²) in [5, 5.41) is 22.2. The van der Waals surface area contributed by atoms with Crippen LogP contribution in [0.1, 0.15) is 31.4 Å². The van der Waals surface area contributed by atoms with Crippen molar-refractivity contribution in [3.8, 4) is 5.75 Å². The molecule has 114 valence electrons. The molecule has 0 fully saturated rings. The Morgan fingerprint density at radius 1 is 1.25 bits per heavy atom. The molecule has 20 heavy (non-hydrogen) atoms. The number of β-amino-alcohol motifs (C(OH)–C–C–N with tert-alkyl or cyclic N) is 1. The van der Waals surface area contributed by atoms with Crippen molar-refractivity contribution >= 4 is 0 Å². The number of aliphatic hydroxyl groups excluding tert-OH is 2. The molecular formula is C16H27NO3. The Kier molecular flexibility index (Phi) is 6.46. The zero-order valence-corrected chi connectivity index (χ0v) is 12.9. The average Bonchev–Trinajstić information content (AvgIpc) is 2.36. The van der Waals surface area contributed by atoms with Gasteiger partial charge in [-0.05, 0) is 45.2 Å². The first-order chi connectivity index (χ1) is 9.35. The van der Waals surface area contributed by atoms with Gasteiger partial charge >= 0.3 is 0 Å². The van der Waals surface area contributed by atoms with Crippen molar-refractivity contribution in [2.24, 2.45) is 0 Å². The third-order valence-corrected chi connectivity index (χ3v) is 3.38. The lowest BCUT2D eigenvalue weighted by molar-refractivity contribution is 0.0953. The Morgan fingerprint density at radius 3 is 2.40 bits per heavy atom. The fourth-order valence-corrected chi connectivity index (χ4v) is 2.03. The molecule has 0 aliphatic carbocycles. The van der Waals surface area contributed by atoms with Crippen molar-refractivity contribution in [2.45, 2.75) is 45.8 Å². The predicted octanol–water partition coefficient (Wildman–Crippen LogP) is 1.79. The second-order valence-electron chi connectivity index (χ2n) is 5.92. The van der Waals surface area contributed by atoms with Crippen molar-refractivity contribution in [2.75, 3.05) is 19.8 Å². The lowest BCUT2D eigenvalue weighted by atomic mass is 10.0. The summed E-state index contributed by atoms with van der Waals surface area (Å²) >= 11 is 0. The largest absolute Gasteiger partial charge is 0.490 e. The van der Waals surface area contributed by atoms with E-state index in [4.69, 9.17) is 9.84 Å². The molecule has 0 aliphatic heterocycles. The second kappa shape index (κ2) is 7.62. The smallest absolute Gasteiger partial charge is 0.125 e. The highest BCUT2D eigenvalue weighted by Crippen LogP contribution is 2.22. The monoisotopic (exact) mass is 281 g/mol. The van der Waals surface area contributed by atoms with Crippen LogP contribution in [-0.2, 0) is 0 Å². The number of hydrogen-bond donors (Lipinski definition) is 3. The van der Waals surface area contributed by atoms with Crippen LogP contribution in [-0.4, -0.2) is 41.6 Å². The molecule has 1 rings (SSSR count). The van der Waals surface area contributed by atoms with E-state index in [1.165, 1.54) is 0 Å². The molecule has 3 N–H and O–H groups in total. The van der Waals surface area contributed by atoms with E-state index in [1.54, 1.807) is 0 Å². The fourth-order valence-electron chi connectivity index (χ4n) is 2.03. The first kappa shape index (κ1) is 17.0. The van der Waals surface area contributed by atoms with Crippen LogP contribution in [0.2, 0.25) is 0 Å². The molecule has 4 heteroatoms.